The molecule has 1 aromatic rings. The van der Waals surface area contributed by atoms with Crippen molar-refractivity contribution in [1.29, 1.82) is 0 Å². The minimum atomic E-state index is -0.289. The number of hydrogen-bond donors (Lipinski definition) is 0. The van der Waals surface area contributed by atoms with Crippen molar-refractivity contribution in [1.82, 2.24) is 4.90 Å². The Bertz CT molecular complexity index is 497. The van der Waals surface area contributed by atoms with Crippen molar-refractivity contribution in [3.63, 3.8) is 0 Å². The molecule has 4 nitrogen and oxygen atoms in total. The number of hydrogen-bond acceptors (Lipinski definition) is 3. The highest BCUT2D eigenvalue weighted by atomic mass is 16.5. The number of benzene rings is 1. The fraction of sp³-hybridized carbons (Fsp3) is 0.474. The van der Waals surface area contributed by atoms with E-state index in [9.17, 15) is 9.59 Å². The summed E-state index contributed by atoms with van der Waals surface area (Å²) in [4.78, 5) is 25.4. The predicted molar refractivity (Wildman–Crippen MR) is 92.8 cm³/mol. The first-order chi connectivity index (χ1) is 11.2. The van der Waals surface area contributed by atoms with Gasteiger partial charge in [-0.1, -0.05) is 56.5 Å². The molecule has 0 aliphatic rings. The van der Waals surface area contributed by atoms with Gasteiger partial charge in [0.25, 0.3) is 0 Å². The number of esters is 1. The molecule has 0 spiro atoms. The maximum absolute atomic E-state index is 12.4. The van der Waals surface area contributed by atoms with Gasteiger partial charge < -0.3 is 9.64 Å². The number of carbonyl (C=O) groups excluding carboxylic acids is 2. The van der Waals surface area contributed by atoms with E-state index < -0.39 is 0 Å². The Labute approximate surface area is 139 Å². The molecule has 0 aliphatic heterocycles. The van der Waals surface area contributed by atoms with Gasteiger partial charge >= 0.3 is 5.97 Å². The lowest BCUT2D eigenvalue weighted by Gasteiger charge is -2.20. The number of ether oxygens (including phenoxy) is 1. The summed E-state index contributed by atoms with van der Waals surface area (Å²) in [6.07, 6.45) is 7.99. The molecule has 0 atom stereocenters. The van der Waals surface area contributed by atoms with Crippen molar-refractivity contribution in [2.75, 3.05) is 20.2 Å². The predicted octanol–water partition coefficient (Wildman–Crippen LogP) is 3.67. The fourth-order valence-corrected chi connectivity index (χ4v) is 2.23. The Balaban J connectivity index is 2.58. The molecule has 0 radical (unpaired) electrons. The van der Waals surface area contributed by atoms with Crippen molar-refractivity contribution < 1.29 is 14.3 Å². The van der Waals surface area contributed by atoms with E-state index in [1.807, 2.05) is 30.3 Å². The van der Waals surface area contributed by atoms with Gasteiger partial charge in [0.1, 0.15) is 0 Å². The van der Waals surface area contributed by atoms with Gasteiger partial charge in [0.15, 0.2) is 0 Å². The van der Waals surface area contributed by atoms with E-state index in [0.717, 1.165) is 24.8 Å². The normalized spacial score (nSPS) is 10.7. The molecule has 126 valence electrons. The lowest BCUT2D eigenvalue weighted by atomic mass is 10.2. The third kappa shape index (κ3) is 8.19. The van der Waals surface area contributed by atoms with Gasteiger partial charge in [-0.25, -0.2) is 0 Å². The molecule has 0 fully saturated rings. The first-order valence-corrected chi connectivity index (χ1v) is 8.26. The topological polar surface area (TPSA) is 46.6 Å². The third-order valence-electron chi connectivity index (χ3n) is 3.62. The lowest BCUT2D eigenvalue weighted by Crippen LogP contribution is -2.32. The van der Waals surface area contributed by atoms with Crippen molar-refractivity contribution in [2.24, 2.45) is 0 Å². The molecule has 4 heteroatoms. The number of nitrogens with zero attached hydrogens (tertiary/aromatic N) is 1. The van der Waals surface area contributed by atoms with Crippen LogP contribution in [0.1, 0.15) is 44.6 Å². The number of rotatable bonds is 10. The minimum absolute atomic E-state index is 0.0609. The monoisotopic (exact) mass is 317 g/mol. The highest BCUT2D eigenvalue weighted by molar-refractivity contribution is 5.92. The number of amides is 1. The summed E-state index contributed by atoms with van der Waals surface area (Å²) in [6.45, 7) is 3.23. The molecule has 23 heavy (non-hydrogen) atoms. The highest BCUT2D eigenvalue weighted by Crippen LogP contribution is 2.06. The summed E-state index contributed by atoms with van der Waals surface area (Å²) in [5.74, 6) is -0.349. The lowest BCUT2D eigenvalue weighted by molar-refractivity contribution is -0.141. The molecule has 0 aromatic heterocycles. The van der Waals surface area contributed by atoms with Crippen LogP contribution in [-0.4, -0.2) is 37.0 Å². The Morgan fingerprint density at radius 2 is 1.83 bits per heavy atom. The van der Waals surface area contributed by atoms with Gasteiger partial charge in [-0.3, -0.25) is 9.59 Å². The van der Waals surface area contributed by atoms with Gasteiger partial charge in [0, 0.05) is 19.2 Å². The molecule has 0 unspecified atom stereocenters. The standard InChI is InChI=1S/C19H27NO3/c1-3-4-5-9-15-20(16-14-19(22)23-2)18(21)13-12-17-10-7-6-8-11-17/h6-8,10-13H,3-5,9,14-16H2,1-2H3/b13-12+. The maximum atomic E-state index is 12.4. The van der Waals surface area contributed by atoms with E-state index in [0.29, 0.717) is 13.1 Å². The SMILES string of the molecule is CCCCCCN(CCC(=O)OC)C(=O)/C=C/c1ccccc1. The van der Waals surface area contributed by atoms with Crippen molar-refractivity contribution in [2.45, 2.75) is 39.0 Å². The first kappa shape index (κ1) is 18.9. The van der Waals surface area contributed by atoms with Crippen LogP contribution in [0.3, 0.4) is 0 Å². The van der Waals surface area contributed by atoms with Gasteiger partial charge in [-0.05, 0) is 18.1 Å². The molecular formula is C19H27NO3. The average molecular weight is 317 g/mol. The molecule has 1 aromatic carbocycles. The largest absolute Gasteiger partial charge is 0.469 e. The van der Waals surface area contributed by atoms with Gasteiger partial charge in [0.05, 0.1) is 13.5 Å². The zero-order valence-corrected chi connectivity index (χ0v) is 14.2. The second kappa shape index (κ2) is 11.5. The summed E-state index contributed by atoms with van der Waals surface area (Å²) in [5.41, 5.74) is 0.986. The van der Waals surface area contributed by atoms with E-state index in [1.165, 1.54) is 13.5 Å². The van der Waals surface area contributed by atoms with E-state index in [4.69, 9.17) is 0 Å². The van der Waals surface area contributed by atoms with Crippen molar-refractivity contribution in [3.8, 4) is 0 Å². The molecule has 0 saturated heterocycles. The Hall–Kier alpha value is -2.10. The Morgan fingerprint density at radius 3 is 2.48 bits per heavy atom. The summed E-state index contributed by atoms with van der Waals surface area (Å²) in [5, 5.41) is 0. The summed E-state index contributed by atoms with van der Waals surface area (Å²) in [6, 6.07) is 9.71. The van der Waals surface area contributed by atoms with Crippen LogP contribution in [0.2, 0.25) is 0 Å². The number of carbonyl (C=O) groups is 2. The molecular weight excluding hydrogens is 290 g/mol. The molecule has 0 N–H and O–H groups in total. The Morgan fingerprint density at radius 1 is 1.09 bits per heavy atom. The smallest absolute Gasteiger partial charge is 0.307 e. The maximum Gasteiger partial charge on any atom is 0.307 e. The second-order valence-electron chi connectivity index (χ2n) is 5.46. The molecule has 0 heterocycles. The fourth-order valence-electron chi connectivity index (χ4n) is 2.23. The molecule has 0 bridgehead atoms. The van der Waals surface area contributed by atoms with E-state index in [2.05, 4.69) is 11.7 Å². The van der Waals surface area contributed by atoms with Crippen LogP contribution in [0.15, 0.2) is 36.4 Å². The summed E-state index contributed by atoms with van der Waals surface area (Å²) < 4.78 is 4.66. The minimum Gasteiger partial charge on any atom is -0.469 e. The highest BCUT2D eigenvalue weighted by Gasteiger charge is 2.12. The van der Waals surface area contributed by atoms with E-state index >= 15 is 0 Å². The van der Waals surface area contributed by atoms with E-state index in [1.54, 1.807) is 17.1 Å². The van der Waals surface area contributed by atoms with Crippen LogP contribution in [0, 0.1) is 0 Å². The van der Waals surface area contributed by atoms with Gasteiger partial charge in [0.2, 0.25) is 5.91 Å². The quantitative estimate of drug-likeness (QED) is 0.376. The molecule has 0 aliphatic carbocycles. The molecule has 1 rings (SSSR count). The van der Waals surface area contributed by atoms with Crippen molar-refractivity contribution >= 4 is 18.0 Å². The van der Waals surface area contributed by atoms with Crippen LogP contribution in [0.5, 0.6) is 0 Å². The zero-order chi connectivity index (χ0) is 16.9. The van der Waals surface area contributed by atoms with Crippen LogP contribution < -0.4 is 0 Å². The van der Waals surface area contributed by atoms with E-state index in [-0.39, 0.29) is 18.3 Å². The number of methoxy groups -OCH3 is 1. The second-order valence-corrected chi connectivity index (χ2v) is 5.46. The van der Waals surface area contributed by atoms with Crippen LogP contribution in [0.25, 0.3) is 6.08 Å². The zero-order valence-electron chi connectivity index (χ0n) is 14.2. The summed E-state index contributed by atoms with van der Waals surface area (Å²) in [7, 11) is 1.37. The summed E-state index contributed by atoms with van der Waals surface area (Å²) >= 11 is 0. The molecule has 1 amide bonds. The number of unbranched alkanes of at least 4 members (excludes halogenated alkanes) is 3. The van der Waals surface area contributed by atoms with Crippen LogP contribution in [-0.2, 0) is 14.3 Å². The molecule has 0 saturated carbocycles. The van der Waals surface area contributed by atoms with Crippen LogP contribution >= 0.6 is 0 Å². The average Bonchev–Trinajstić information content (AvgIpc) is 2.59. The van der Waals surface area contributed by atoms with Gasteiger partial charge in [-0.15, -0.1) is 0 Å². The van der Waals surface area contributed by atoms with Gasteiger partial charge in [-0.2, -0.15) is 0 Å². The van der Waals surface area contributed by atoms with Crippen molar-refractivity contribution in [3.05, 3.63) is 42.0 Å². The Kier molecular flexibility index (Phi) is 9.45. The third-order valence-corrected chi connectivity index (χ3v) is 3.62. The first-order valence-electron chi connectivity index (χ1n) is 8.26. The van der Waals surface area contributed by atoms with Crippen LogP contribution in [0.4, 0.5) is 0 Å².